The lowest BCUT2D eigenvalue weighted by atomic mass is 10.1. The van der Waals surface area contributed by atoms with Gasteiger partial charge in [0.2, 0.25) is 0 Å². The molecule has 30 heavy (non-hydrogen) atoms. The van der Waals surface area contributed by atoms with E-state index in [0.717, 1.165) is 29.6 Å². The summed E-state index contributed by atoms with van der Waals surface area (Å²) in [6.45, 7) is 4.14. The van der Waals surface area contributed by atoms with Crippen LogP contribution in [-0.4, -0.2) is 34.8 Å². The number of hydrazine groups is 1. The SMILES string of the molecule is CCCCCCCN1C=CC(/C=C/C(=O)NNC(=O)c2cc3ccccc3[nH]2)=CC1. The van der Waals surface area contributed by atoms with Gasteiger partial charge in [-0.05, 0) is 42.5 Å². The fourth-order valence-corrected chi connectivity index (χ4v) is 3.35. The van der Waals surface area contributed by atoms with E-state index in [-0.39, 0.29) is 11.8 Å². The van der Waals surface area contributed by atoms with Crippen LogP contribution in [0.15, 0.2) is 66.4 Å². The van der Waals surface area contributed by atoms with Crippen molar-refractivity contribution < 1.29 is 9.59 Å². The average molecular weight is 407 g/mol. The van der Waals surface area contributed by atoms with Crippen molar-refractivity contribution in [1.82, 2.24) is 20.7 Å². The van der Waals surface area contributed by atoms with Gasteiger partial charge in [0.25, 0.3) is 11.8 Å². The lowest BCUT2D eigenvalue weighted by Gasteiger charge is -2.21. The van der Waals surface area contributed by atoms with Crippen LogP contribution < -0.4 is 10.9 Å². The summed E-state index contributed by atoms with van der Waals surface area (Å²) in [5.41, 5.74) is 7.09. The number of unbranched alkanes of at least 4 members (excludes halogenated alkanes) is 4. The number of benzene rings is 1. The molecule has 0 aliphatic carbocycles. The van der Waals surface area contributed by atoms with Gasteiger partial charge in [0.1, 0.15) is 5.69 Å². The van der Waals surface area contributed by atoms with E-state index in [9.17, 15) is 9.59 Å². The second-order valence-electron chi connectivity index (χ2n) is 7.48. The zero-order valence-corrected chi connectivity index (χ0v) is 17.5. The molecule has 158 valence electrons. The smallest absolute Gasteiger partial charge is 0.286 e. The van der Waals surface area contributed by atoms with Crippen molar-refractivity contribution in [2.45, 2.75) is 39.0 Å². The maximum atomic E-state index is 12.2. The summed E-state index contributed by atoms with van der Waals surface area (Å²) in [4.78, 5) is 29.5. The van der Waals surface area contributed by atoms with E-state index in [1.165, 1.54) is 38.2 Å². The van der Waals surface area contributed by atoms with Crippen molar-refractivity contribution in [3.8, 4) is 0 Å². The Morgan fingerprint density at radius 3 is 2.73 bits per heavy atom. The van der Waals surface area contributed by atoms with Gasteiger partial charge in [-0.1, -0.05) is 56.9 Å². The molecule has 3 rings (SSSR count). The summed E-state index contributed by atoms with van der Waals surface area (Å²) >= 11 is 0. The quantitative estimate of drug-likeness (QED) is 0.332. The highest BCUT2D eigenvalue weighted by Crippen LogP contribution is 2.14. The molecule has 2 heterocycles. The number of allylic oxidation sites excluding steroid dienone is 3. The highest BCUT2D eigenvalue weighted by Gasteiger charge is 2.09. The second kappa shape index (κ2) is 11.0. The molecule has 0 atom stereocenters. The second-order valence-corrected chi connectivity index (χ2v) is 7.48. The Morgan fingerprint density at radius 1 is 1.13 bits per heavy atom. The van der Waals surface area contributed by atoms with Gasteiger partial charge >= 0.3 is 0 Å². The molecule has 3 N–H and O–H groups in total. The summed E-state index contributed by atoms with van der Waals surface area (Å²) < 4.78 is 0. The number of carbonyl (C=O) groups is 2. The summed E-state index contributed by atoms with van der Waals surface area (Å²) in [6, 6.07) is 9.37. The summed E-state index contributed by atoms with van der Waals surface area (Å²) in [6.07, 6.45) is 15.7. The highest BCUT2D eigenvalue weighted by molar-refractivity contribution is 5.99. The molecule has 0 saturated heterocycles. The molecule has 0 unspecified atom stereocenters. The molecular formula is C24H30N4O2. The Labute approximate surface area is 177 Å². The first-order valence-electron chi connectivity index (χ1n) is 10.6. The monoisotopic (exact) mass is 406 g/mol. The van der Waals surface area contributed by atoms with Crippen molar-refractivity contribution >= 4 is 22.7 Å². The lowest BCUT2D eigenvalue weighted by molar-refractivity contribution is -0.117. The Hall–Kier alpha value is -3.28. The van der Waals surface area contributed by atoms with E-state index in [2.05, 4.69) is 39.9 Å². The Bertz CT molecular complexity index is 922. The van der Waals surface area contributed by atoms with Crippen molar-refractivity contribution in [1.29, 1.82) is 0 Å². The van der Waals surface area contributed by atoms with Crippen LogP contribution in [0.2, 0.25) is 0 Å². The number of para-hydroxylation sites is 1. The molecule has 1 aliphatic heterocycles. The molecule has 1 aromatic heterocycles. The van der Waals surface area contributed by atoms with Crippen molar-refractivity contribution in [2.75, 3.05) is 13.1 Å². The minimum atomic E-state index is -0.390. The predicted molar refractivity (Wildman–Crippen MR) is 121 cm³/mol. The third-order valence-electron chi connectivity index (χ3n) is 5.09. The molecule has 6 nitrogen and oxygen atoms in total. The Morgan fingerprint density at radius 2 is 1.97 bits per heavy atom. The minimum Gasteiger partial charge on any atom is -0.374 e. The number of rotatable bonds is 9. The van der Waals surface area contributed by atoms with E-state index in [0.29, 0.717) is 5.69 Å². The van der Waals surface area contributed by atoms with Crippen LogP contribution in [-0.2, 0) is 4.79 Å². The Kier molecular flexibility index (Phi) is 7.89. The fourth-order valence-electron chi connectivity index (χ4n) is 3.35. The molecule has 1 aromatic carbocycles. The molecule has 2 aromatic rings. The van der Waals surface area contributed by atoms with Gasteiger partial charge in [-0.25, -0.2) is 0 Å². The van der Waals surface area contributed by atoms with Crippen LogP contribution in [0.3, 0.4) is 0 Å². The van der Waals surface area contributed by atoms with Gasteiger partial charge in [-0.3, -0.25) is 20.4 Å². The van der Waals surface area contributed by atoms with Crippen LogP contribution in [0.25, 0.3) is 10.9 Å². The topological polar surface area (TPSA) is 77.2 Å². The van der Waals surface area contributed by atoms with Crippen molar-refractivity contribution in [3.63, 3.8) is 0 Å². The number of amides is 2. The number of hydrogen-bond acceptors (Lipinski definition) is 3. The first kappa shape index (κ1) is 21.4. The molecule has 0 fully saturated rings. The zero-order chi connectivity index (χ0) is 21.2. The molecule has 0 bridgehead atoms. The molecule has 2 amide bonds. The molecule has 6 heteroatoms. The summed E-state index contributed by atoms with van der Waals surface area (Å²) in [7, 11) is 0. The molecule has 1 aliphatic rings. The average Bonchev–Trinajstić information content (AvgIpc) is 3.21. The zero-order valence-electron chi connectivity index (χ0n) is 17.5. The van der Waals surface area contributed by atoms with Gasteiger partial charge < -0.3 is 9.88 Å². The highest BCUT2D eigenvalue weighted by atomic mass is 16.2. The maximum absolute atomic E-state index is 12.2. The standard InChI is InChI=1S/C24H30N4O2/c1-2-3-4-5-8-15-28-16-13-19(14-17-28)11-12-23(29)26-27-24(30)22-18-20-9-6-7-10-21(20)25-22/h6-7,9-14,16,18,25H,2-5,8,15,17H2,1H3,(H,26,29)(H,27,30)/b12-11+. The maximum Gasteiger partial charge on any atom is 0.286 e. The largest absolute Gasteiger partial charge is 0.374 e. The number of fused-ring (bicyclic) bond motifs is 1. The van der Waals surface area contributed by atoms with Crippen LogP contribution in [0.4, 0.5) is 0 Å². The van der Waals surface area contributed by atoms with Gasteiger partial charge in [0.15, 0.2) is 0 Å². The van der Waals surface area contributed by atoms with Crippen LogP contribution in [0, 0.1) is 0 Å². The van der Waals surface area contributed by atoms with Gasteiger partial charge in [0, 0.05) is 30.1 Å². The van der Waals surface area contributed by atoms with Crippen molar-refractivity contribution in [3.05, 3.63) is 72.1 Å². The number of nitrogens with one attached hydrogen (secondary N) is 3. The summed E-state index contributed by atoms with van der Waals surface area (Å²) in [5, 5.41) is 0.944. The normalized spacial score (nSPS) is 13.6. The third kappa shape index (κ3) is 6.37. The number of aromatic amines is 1. The van der Waals surface area contributed by atoms with Crippen LogP contribution >= 0.6 is 0 Å². The van der Waals surface area contributed by atoms with Crippen LogP contribution in [0.5, 0.6) is 0 Å². The number of H-pyrrole nitrogens is 1. The molecule has 0 spiro atoms. The molecule has 0 radical (unpaired) electrons. The van der Waals surface area contributed by atoms with E-state index in [1.54, 1.807) is 12.1 Å². The first-order chi connectivity index (χ1) is 14.7. The van der Waals surface area contributed by atoms with E-state index in [4.69, 9.17) is 0 Å². The predicted octanol–water partition coefficient (Wildman–Crippen LogP) is 4.21. The number of hydrogen-bond donors (Lipinski definition) is 3. The lowest BCUT2D eigenvalue weighted by Crippen LogP contribution is -2.40. The Balaban J connectivity index is 1.38. The van der Waals surface area contributed by atoms with Crippen LogP contribution in [0.1, 0.15) is 49.5 Å². The number of nitrogens with zero attached hydrogens (tertiary/aromatic N) is 1. The van der Waals surface area contributed by atoms with Gasteiger partial charge in [0.05, 0.1) is 0 Å². The van der Waals surface area contributed by atoms with E-state index >= 15 is 0 Å². The van der Waals surface area contributed by atoms with E-state index in [1.807, 2.05) is 30.3 Å². The number of aromatic nitrogens is 1. The molecular weight excluding hydrogens is 376 g/mol. The van der Waals surface area contributed by atoms with E-state index < -0.39 is 0 Å². The minimum absolute atomic E-state index is 0.382. The first-order valence-corrected chi connectivity index (χ1v) is 10.6. The van der Waals surface area contributed by atoms with Gasteiger partial charge in [-0.2, -0.15) is 0 Å². The molecule has 0 saturated carbocycles. The fraction of sp³-hybridized carbons (Fsp3) is 0.333. The third-order valence-corrected chi connectivity index (χ3v) is 5.09. The van der Waals surface area contributed by atoms with Gasteiger partial charge in [-0.15, -0.1) is 0 Å². The summed E-state index contributed by atoms with van der Waals surface area (Å²) in [5.74, 6) is -0.772. The number of carbonyl (C=O) groups excluding carboxylic acids is 2. The van der Waals surface area contributed by atoms with Crippen molar-refractivity contribution in [2.24, 2.45) is 0 Å².